The average molecular weight is 258 g/mol. The van der Waals surface area contributed by atoms with Crippen molar-refractivity contribution in [3.8, 4) is 12.3 Å². The number of benzene rings is 1. The first kappa shape index (κ1) is 12.6. The van der Waals surface area contributed by atoms with E-state index >= 15 is 0 Å². The van der Waals surface area contributed by atoms with E-state index in [2.05, 4.69) is 15.6 Å². The first-order valence-electron chi connectivity index (χ1n) is 5.87. The molecule has 1 amide bonds. The van der Waals surface area contributed by atoms with E-state index in [1.54, 1.807) is 0 Å². The number of terminal acetylenes is 1. The number of nitrogens with zero attached hydrogens (tertiary/aromatic N) is 1. The molecule has 92 valence electrons. The molecule has 3 nitrogen and oxygen atoms in total. The molecule has 4 heteroatoms. The number of rotatable bonds is 5. The zero-order valence-electron chi connectivity index (χ0n) is 9.98. The second-order valence-corrected chi connectivity index (χ2v) is 4.87. The van der Waals surface area contributed by atoms with E-state index < -0.39 is 0 Å². The minimum atomic E-state index is 0.0366. The van der Waals surface area contributed by atoms with Crippen LogP contribution >= 0.6 is 11.5 Å². The highest BCUT2D eigenvalue weighted by Crippen LogP contribution is 2.22. The Morgan fingerprint density at radius 3 is 3.17 bits per heavy atom. The van der Waals surface area contributed by atoms with Crippen LogP contribution in [0.4, 0.5) is 5.69 Å². The van der Waals surface area contributed by atoms with Crippen molar-refractivity contribution in [2.45, 2.75) is 25.7 Å². The number of carbonyl (C=O) groups excluding carboxylic acids is 1. The maximum absolute atomic E-state index is 11.7. The number of amides is 1. The van der Waals surface area contributed by atoms with E-state index in [9.17, 15) is 4.79 Å². The van der Waals surface area contributed by atoms with Crippen LogP contribution in [0.5, 0.6) is 0 Å². The number of hydrogen-bond acceptors (Lipinski definition) is 3. The zero-order chi connectivity index (χ0) is 12.8. The highest BCUT2D eigenvalue weighted by atomic mass is 32.1. The summed E-state index contributed by atoms with van der Waals surface area (Å²) in [5.74, 6) is 2.61. The first-order chi connectivity index (χ1) is 8.79. The van der Waals surface area contributed by atoms with Gasteiger partial charge in [-0.25, -0.2) is 0 Å². The van der Waals surface area contributed by atoms with Gasteiger partial charge in [0.05, 0.1) is 4.70 Å². The van der Waals surface area contributed by atoms with Crippen molar-refractivity contribution < 1.29 is 4.79 Å². The summed E-state index contributed by atoms with van der Waals surface area (Å²) in [6.45, 7) is 0. The lowest BCUT2D eigenvalue weighted by Gasteiger charge is -2.04. The molecule has 0 atom stereocenters. The number of aromatic nitrogens is 1. The zero-order valence-corrected chi connectivity index (χ0v) is 10.8. The predicted molar refractivity (Wildman–Crippen MR) is 75.6 cm³/mol. The third-order valence-corrected chi connectivity index (χ3v) is 3.39. The Bertz CT molecular complexity index is 583. The van der Waals surface area contributed by atoms with Crippen molar-refractivity contribution in [1.82, 2.24) is 4.37 Å². The summed E-state index contributed by atoms with van der Waals surface area (Å²) >= 11 is 1.45. The molecular formula is C14H14N2OS. The van der Waals surface area contributed by atoms with Gasteiger partial charge in [0.1, 0.15) is 0 Å². The molecule has 1 heterocycles. The SMILES string of the molecule is C#CCCCCC(=O)Nc1ccc2sncc2c1. The highest BCUT2D eigenvalue weighted by Gasteiger charge is 2.03. The number of unbranched alkanes of at least 4 members (excludes halogenated alkanes) is 2. The summed E-state index contributed by atoms with van der Waals surface area (Å²) < 4.78 is 5.23. The third kappa shape index (κ3) is 3.31. The molecule has 0 unspecified atom stereocenters. The monoisotopic (exact) mass is 258 g/mol. The third-order valence-electron chi connectivity index (χ3n) is 2.61. The van der Waals surface area contributed by atoms with Crippen molar-refractivity contribution in [3.63, 3.8) is 0 Å². The molecule has 18 heavy (non-hydrogen) atoms. The lowest BCUT2D eigenvalue weighted by molar-refractivity contribution is -0.116. The van der Waals surface area contributed by atoms with Gasteiger partial charge in [0.15, 0.2) is 0 Å². The Kier molecular flexibility index (Phi) is 4.32. The molecule has 1 aromatic carbocycles. The van der Waals surface area contributed by atoms with Gasteiger partial charge in [-0.1, -0.05) is 0 Å². The van der Waals surface area contributed by atoms with Crippen LogP contribution in [0.15, 0.2) is 24.4 Å². The average Bonchev–Trinajstić information content (AvgIpc) is 2.82. The van der Waals surface area contributed by atoms with Crippen molar-refractivity contribution >= 4 is 33.2 Å². The van der Waals surface area contributed by atoms with Gasteiger partial charge < -0.3 is 5.32 Å². The molecule has 0 aliphatic heterocycles. The largest absolute Gasteiger partial charge is 0.326 e. The molecule has 2 aromatic rings. The van der Waals surface area contributed by atoms with Gasteiger partial charge in [0.2, 0.25) is 5.91 Å². The summed E-state index contributed by atoms with van der Waals surface area (Å²) in [6, 6.07) is 5.82. The summed E-state index contributed by atoms with van der Waals surface area (Å²) in [7, 11) is 0. The van der Waals surface area contributed by atoms with Gasteiger partial charge >= 0.3 is 0 Å². The molecule has 0 bridgehead atoms. The van der Waals surface area contributed by atoms with Crippen molar-refractivity contribution in [1.29, 1.82) is 0 Å². The molecule has 0 saturated carbocycles. The van der Waals surface area contributed by atoms with Crippen LogP contribution in [-0.2, 0) is 4.79 Å². The number of fused-ring (bicyclic) bond motifs is 1. The van der Waals surface area contributed by atoms with Gasteiger partial charge in [-0.05, 0) is 42.6 Å². The van der Waals surface area contributed by atoms with Crippen LogP contribution < -0.4 is 5.32 Å². The highest BCUT2D eigenvalue weighted by molar-refractivity contribution is 7.13. The molecule has 0 saturated heterocycles. The van der Waals surface area contributed by atoms with Gasteiger partial charge in [-0.3, -0.25) is 4.79 Å². The maximum atomic E-state index is 11.7. The first-order valence-corrected chi connectivity index (χ1v) is 6.64. The minimum absolute atomic E-state index is 0.0366. The van der Waals surface area contributed by atoms with Gasteiger partial charge in [0.25, 0.3) is 0 Å². The van der Waals surface area contributed by atoms with E-state index in [1.807, 2.05) is 24.4 Å². The molecule has 0 spiro atoms. The Morgan fingerprint density at radius 2 is 2.33 bits per heavy atom. The van der Waals surface area contributed by atoms with E-state index in [4.69, 9.17) is 6.42 Å². The quantitative estimate of drug-likeness (QED) is 0.659. The molecule has 0 aliphatic rings. The fourth-order valence-corrected chi connectivity index (χ4v) is 2.31. The topological polar surface area (TPSA) is 42.0 Å². The number of anilines is 1. The Morgan fingerprint density at radius 1 is 1.44 bits per heavy atom. The predicted octanol–water partition coefficient (Wildman–Crippen LogP) is 3.43. The smallest absolute Gasteiger partial charge is 0.224 e. The Labute approximate surface area is 110 Å². The molecular weight excluding hydrogens is 244 g/mol. The van der Waals surface area contributed by atoms with Gasteiger partial charge in [0, 0.05) is 30.1 Å². The van der Waals surface area contributed by atoms with E-state index in [0.717, 1.165) is 35.0 Å². The summed E-state index contributed by atoms with van der Waals surface area (Å²) in [5, 5.41) is 3.95. The lowest BCUT2D eigenvalue weighted by Crippen LogP contribution is -2.10. The van der Waals surface area contributed by atoms with E-state index in [1.165, 1.54) is 11.5 Å². The van der Waals surface area contributed by atoms with Crippen LogP contribution in [-0.4, -0.2) is 10.3 Å². The molecule has 0 aliphatic carbocycles. The maximum Gasteiger partial charge on any atom is 0.224 e. The summed E-state index contributed by atoms with van der Waals surface area (Å²) in [4.78, 5) is 11.7. The minimum Gasteiger partial charge on any atom is -0.326 e. The fraction of sp³-hybridized carbons (Fsp3) is 0.286. The number of carbonyl (C=O) groups is 1. The Balaban J connectivity index is 1.88. The van der Waals surface area contributed by atoms with Crippen LogP contribution in [0.1, 0.15) is 25.7 Å². The molecule has 0 radical (unpaired) electrons. The lowest BCUT2D eigenvalue weighted by atomic mass is 10.2. The van der Waals surface area contributed by atoms with E-state index in [0.29, 0.717) is 6.42 Å². The standard InChI is InChI=1S/C14H14N2OS/c1-2-3-4-5-6-14(17)16-12-7-8-13-11(9-12)10-15-18-13/h1,7-10H,3-6H2,(H,16,17). The molecule has 0 fully saturated rings. The van der Waals surface area contributed by atoms with Crippen LogP contribution in [0.25, 0.3) is 10.1 Å². The van der Waals surface area contributed by atoms with Crippen LogP contribution in [0.2, 0.25) is 0 Å². The number of hydrogen-bond donors (Lipinski definition) is 1. The molecule has 1 N–H and O–H groups in total. The van der Waals surface area contributed by atoms with Crippen LogP contribution in [0, 0.1) is 12.3 Å². The van der Waals surface area contributed by atoms with Crippen molar-refractivity contribution in [2.24, 2.45) is 0 Å². The number of nitrogens with one attached hydrogen (secondary N) is 1. The fourth-order valence-electron chi connectivity index (χ4n) is 1.69. The Hall–Kier alpha value is -1.86. The second kappa shape index (κ2) is 6.18. The van der Waals surface area contributed by atoms with Gasteiger partial charge in [-0.2, -0.15) is 4.37 Å². The van der Waals surface area contributed by atoms with Crippen LogP contribution in [0.3, 0.4) is 0 Å². The summed E-state index contributed by atoms with van der Waals surface area (Å²) in [5.41, 5.74) is 0.824. The summed E-state index contributed by atoms with van der Waals surface area (Å²) in [6.07, 6.45) is 9.95. The van der Waals surface area contributed by atoms with Gasteiger partial charge in [-0.15, -0.1) is 12.3 Å². The molecule has 1 aromatic heterocycles. The van der Waals surface area contributed by atoms with E-state index in [-0.39, 0.29) is 5.91 Å². The normalized spacial score (nSPS) is 10.2. The second-order valence-electron chi connectivity index (χ2n) is 4.04. The van der Waals surface area contributed by atoms with Crippen molar-refractivity contribution in [2.75, 3.05) is 5.32 Å². The van der Waals surface area contributed by atoms with Crippen molar-refractivity contribution in [3.05, 3.63) is 24.4 Å². The molecule has 2 rings (SSSR count).